The topological polar surface area (TPSA) is 0 Å². The van der Waals surface area contributed by atoms with Gasteiger partial charge >= 0.3 is 0 Å². The van der Waals surface area contributed by atoms with Crippen molar-refractivity contribution in [3.8, 4) is 0 Å². The number of nitrogens with zero attached hydrogens (tertiary/aromatic N) is 1. The molecule has 0 bridgehead atoms. The number of rotatable bonds is 6. The average molecular weight is 182 g/mol. The molecular formula is C12H24N+. The lowest BCUT2D eigenvalue weighted by atomic mass is 10.3. The highest BCUT2D eigenvalue weighted by molar-refractivity contribution is 4.80. The summed E-state index contributed by atoms with van der Waals surface area (Å²) in [5.74, 6) is 0. The second kappa shape index (κ2) is 6.90. The quantitative estimate of drug-likeness (QED) is 0.550. The second-order valence-electron chi connectivity index (χ2n) is 3.32. The Hall–Kier alpha value is -0.560. The molecule has 0 aromatic heterocycles. The first-order chi connectivity index (χ1) is 6.24. The fourth-order valence-electron chi connectivity index (χ4n) is 1.33. The molecule has 0 N–H and O–H groups in total. The van der Waals surface area contributed by atoms with E-state index in [1.165, 1.54) is 0 Å². The van der Waals surface area contributed by atoms with E-state index < -0.39 is 0 Å². The van der Waals surface area contributed by atoms with Crippen molar-refractivity contribution in [2.75, 3.05) is 13.1 Å². The van der Waals surface area contributed by atoms with Gasteiger partial charge in [-0.1, -0.05) is 13.8 Å². The zero-order chi connectivity index (χ0) is 10.2. The Bertz CT molecular complexity index is 148. The molecule has 0 aliphatic heterocycles. The summed E-state index contributed by atoms with van der Waals surface area (Å²) in [5, 5.41) is 0. The molecule has 0 rings (SSSR count). The van der Waals surface area contributed by atoms with E-state index in [-0.39, 0.29) is 0 Å². The molecule has 0 radical (unpaired) electrons. The van der Waals surface area contributed by atoms with E-state index in [2.05, 4.69) is 52.2 Å². The molecule has 0 aromatic carbocycles. The fourth-order valence-corrected chi connectivity index (χ4v) is 1.33. The number of hydrogen-bond donors (Lipinski definition) is 0. The van der Waals surface area contributed by atoms with Crippen LogP contribution in [0.5, 0.6) is 0 Å². The predicted molar refractivity (Wildman–Crippen MR) is 60.2 cm³/mol. The summed E-state index contributed by atoms with van der Waals surface area (Å²) in [7, 11) is 0. The minimum Gasteiger partial charge on any atom is -0.272 e. The third kappa shape index (κ3) is 4.28. The average Bonchev–Trinajstić information content (AvgIpc) is 2.20. The van der Waals surface area contributed by atoms with Gasteiger partial charge in [-0.05, 0) is 38.8 Å². The summed E-state index contributed by atoms with van der Waals surface area (Å²) in [6.07, 6.45) is 11.4. The molecule has 0 amide bonds. The van der Waals surface area contributed by atoms with Crippen molar-refractivity contribution in [1.29, 1.82) is 0 Å². The van der Waals surface area contributed by atoms with Gasteiger partial charge in [0.2, 0.25) is 0 Å². The van der Waals surface area contributed by atoms with Gasteiger partial charge in [0.05, 0.1) is 25.5 Å². The maximum Gasteiger partial charge on any atom is 0.0963 e. The molecule has 0 fully saturated rings. The van der Waals surface area contributed by atoms with Crippen molar-refractivity contribution < 1.29 is 4.48 Å². The second-order valence-corrected chi connectivity index (χ2v) is 3.32. The maximum absolute atomic E-state index is 2.31. The Balaban J connectivity index is 4.48. The van der Waals surface area contributed by atoms with E-state index in [1.807, 2.05) is 0 Å². The highest BCUT2D eigenvalue weighted by Crippen LogP contribution is 2.10. The minimum atomic E-state index is 0.988. The Morgan fingerprint density at radius 2 is 1.15 bits per heavy atom. The predicted octanol–water partition coefficient (Wildman–Crippen LogP) is 3.69. The summed E-state index contributed by atoms with van der Waals surface area (Å²) >= 11 is 0. The smallest absolute Gasteiger partial charge is 0.0963 e. The van der Waals surface area contributed by atoms with Crippen LogP contribution >= 0.6 is 0 Å². The SMILES string of the molecule is CCC=C[N+](C=CCC)(CC)CC. The highest BCUT2D eigenvalue weighted by Gasteiger charge is 2.15. The van der Waals surface area contributed by atoms with Crippen LogP contribution < -0.4 is 0 Å². The zero-order valence-corrected chi connectivity index (χ0v) is 9.59. The largest absolute Gasteiger partial charge is 0.272 e. The van der Waals surface area contributed by atoms with Gasteiger partial charge < -0.3 is 0 Å². The molecule has 1 nitrogen and oxygen atoms in total. The molecule has 0 spiro atoms. The highest BCUT2D eigenvalue weighted by atomic mass is 15.3. The van der Waals surface area contributed by atoms with Gasteiger partial charge in [-0.3, -0.25) is 4.48 Å². The Labute approximate surface area is 83.3 Å². The third-order valence-corrected chi connectivity index (χ3v) is 2.45. The van der Waals surface area contributed by atoms with Gasteiger partial charge in [0.15, 0.2) is 0 Å². The molecule has 0 atom stereocenters. The minimum absolute atomic E-state index is 0.988. The van der Waals surface area contributed by atoms with Crippen LogP contribution in [-0.4, -0.2) is 17.6 Å². The Morgan fingerprint density at radius 3 is 1.38 bits per heavy atom. The lowest BCUT2D eigenvalue weighted by Crippen LogP contribution is -2.36. The molecule has 76 valence electrons. The molecule has 1 heteroatoms. The molecule has 0 saturated carbocycles. The van der Waals surface area contributed by atoms with Gasteiger partial charge in [-0.2, -0.15) is 0 Å². The van der Waals surface area contributed by atoms with Crippen molar-refractivity contribution in [2.45, 2.75) is 40.5 Å². The van der Waals surface area contributed by atoms with Crippen molar-refractivity contribution in [2.24, 2.45) is 0 Å². The van der Waals surface area contributed by atoms with Crippen LogP contribution in [0.1, 0.15) is 40.5 Å². The third-order valence-electron chi connectivity index (χ3n) is 2.45. The number of hydrogen-bond acceptors (Lipinski definition) is 0. The van der Waals surface area contributed by atoms with Crippen LogP contribution in [0, 0.1) is 0 Å². The molecule has 0 heterocycles. The van der Waals surface area contributed by atoms with Crippen LogP contribution in [0.25, 0.3) is 0 Å². The van der Waals surface area contributed by atoms with E-state index in [0.29, 0.717) is 0 Å². The van der Waals surface area contributed by atoms with Crippen LogP contribution in [0.15, 0.2) is 24.6 Å². The van der Waals surface area contributed by atoms with E-state index >= 15 is 0 Å². The van der Waals surface area contributed by atoms with Crippen LogP contribution in [0.3, 0.4) is 0 Å². The normalized spacial score (nSPS) is 13.2. The molecule has 0 aromatic rings. The zero-order valence-electron chi connectivity index (χ0n) is 9.59. The molecule has 0 aliphatic rings. The van der Waals surface area contributed by atoms with Crippen molar-refractivity contribution in [1.82, 2.24) is 0 Å². The molecule has 0 aliphatic carbocycles. The molecule has 0 unspecified atom stereocenters. The Morgan fingerprint density at radius 1 is 0.769 bits per heavy atom. The first-order valence-corrected chi connectivity index (χ1v) is 5.46. The number of allylic oxidation sites excluding steroid dienone is 2. The van der Waals surface area contributed by atoms with E-state index in [0.717, 1.165) is 30.4 Å². The first-order valence-electron chi connectivity index (χ1n) is 5.46. The summed E-state index contributed by atoms with van der Waals surface area (Å²) in [4.78, 5) is 0. The summed E-state index contributed by atoms with van der Waals surface area (Å²) in [6.45, 7) is 11.1. The maximum atomic E-state index is 2.31. The van der Waals surface area contributed by atoms with Gasteiger partial charge in [-0.15, -0.1) is 0 Å². The monoisotopic (exact) mass is 182 g/mol. The first kappa shape index (κ1) is 12.4. The van der Waals surface area contributed by atoms with Gasteiger partial charge in [-0.25, -0.2) is 0 Å². The van der Waals surface area contributed by atoms with E-state index in [4.69, 9.17) is 0 Å². The van der Waals surface area contributed by atoms with Crippen LogP contribution in [0.2, 0.25) is 0 Å². The standard InChI is InChI=1S/C12H24N/c1-5-9-11-13(7-3,8-4)12-10-6-2/h9-12H,5-8H2,1-4H3/q+1. The van der Waals surface area contributed by atoms with E-state index in [9.17, 15) is 0 Å². The van der Waals surface area contributed by atoms with Crippen molar-refractivity contribution in [3.05, 3.63) is 24.6 Å². The van der Waals surface area contributed by atoms with Gasteiger partial charge in [0.25, 0.3) is 0 Å². The van der Waals surface area contributed by atoms with Crippen molar-refractivity contribution >= 4 is 0 Å². The lowest BCUT2D eigenvalue weighted by Gasteiger charge is -2.28. The fraction of sp³-hybridized carbons (Fsp3) is 0.667. The lowest BCUT2D eigenvalue weighted by molar-refractivity contribution is -0.824. The van der Waals surface area contributed by atoms with Crippen molar-refractivity contribution in [3.63, 3.8) is 0 Å². The Kier molecular flexibility index (Phi) is 6.61. The molecule has 13 heavy (non-hydrogen) atoms. The molecular weight excluding hydrogens is 158 g/mol. The van der Waals surface area contributed by atoms with E-state index in [1.54, 1.807) is 0 Å². The molecule has 0 saturated heterocycles. The van der Waals surface area contributed by atoms with Crippen LogP contribution in [-0.2, 0) is 0 Å². The summed E-state index contributed by atoms with van der Waals surface area (Å²) < 4.78 is 0.988. The van der Waals surface area contributed by atoms with Gasteiger partial charge in [0, 0.05) is 0 Å². The van der Waals surface area contributed by atoms with Crippen LogP contribution in [0.4, 0.5) is 0 Å². The summed E-state index contributed by atoms with van der Waals surface area (Å²) in [5.41, 5.74) is 0. The number of quaternary nitrogens is 1. The van der Waals surface area contributed by atoms with Gasteiger partial charge in [0.1, 0.15) is 0 Å². The summed E-state index contributed by atoms with van der Waals surface area (Å²) in [6, 6.07) is 0.